The van der Waals surface area contributed by atoms with Crippen LogP contribution in [0.1, 0.15) is 50.3 Å². The molecule has 1 aromatic heterocycles. The molecule has 2 aliphatic rings. The number of benzene rings is 1. The summed E-state index contributed by atoms with van der Waals surface area (Å²) in [5.74, 6) is 2.03. The van der Waals surface area contributed by atoms with E-state index in [-0.39, 0.29) is 11.8 Å². The molecule has 0 spiro atoms. The second-order valence-corrected chi connectivity index (χ2v) is 6.93. The molecule has 1 saturated carbocycles. The van der Waals surface area contributed by atoms with Crippen LogP contribution in [0.3, 0.4) is 0 Å². The largest absolute Gasteiger partial charge is 0.342 e. The Balaban J connectivity index is 1.46. The van der Waals surface area contributed by atoms with Crippen molar-refractivity contribution in [2.45, 2.75) is 44.4 Å². The number of piperidine rings is 1. The van der Waals surface area contributed by atoms with Gasteiger partial charge in [-0.3, -0.25) is 4.79 Å². The Morgan fingerprint density at radius 1 is 1.08 bits per heavy atom. The minimum absolute atomic E-state index is 0.161. The van der Waals surface area contributed by atoms with E-state index >= 15 is 0 Å². The zero-order chi connectivity index (χ0) is 16.4. The third-order valence-corrected chi connectivity index (χ3v) is 5.26. The van der Waals surface area contributed by atoms with Crippen LogP contribution in [0, 0.1) is 5.92 Å². The van der Waals surface area contributed by atoms with Gasteiger partial charge in [0.25, 0.3) is 0 Å². The summed E-state index contributed by atoms with van der Waals surface area (Å²) in [5, 5.41) is 4.12. The van der Waals surface area contributed by atoms with E-state index in [4.69, 9.17) is 4.52 Å². The van der Waals surface area contributed by atoms with Gasteiger partial charge in [-0.1, -0.05) is 48.3 Å². The molecule has 24 heavy (non-hydrogen) atoms. The molecule has 0 bridgehead atoms. The zero-order valence-electron chi connectivity index (χ0n) is 13.9. The molecule has 1 saturated heterocycles. The van der Waals surface area contributed by atoms with Gasteiger partial charge in [-0.25, -0.2) is 0 Å². The van der Waals surface area contributed by atoms with Gasteiger partial charge in [0, 0.05) is 24.6 Å². The van der Waals surface area contributed by atoms with E-state index in [2.05, 4.69) is 10.1 Å². The Morgan fingerprint density at radius 3 is 2.67 bits per heavy atom. The molecule has 5 heteroatoms. The van der Waals surface area contributed by atoms with Gasteiger partial charge in [0.05, 0.1) is 5.92 Å². The molecule has 1 atom stereocenters. The molecule has 1 aliphatic carbocycles. The minimum Gasteiger partial charge on any atom is -0.342 e. The molecule has 0 N–H and O–H groups in total. The third kappa shape index (κ3) is 3.07. The highest BCUT2D eigenvalue weighted by atomic mass is 16.5. The summed E-state index contributed by atoms with van der Waals surface area (Å²) in [6, 6.07) is 9.86. The summed E-state index contributed by atoms with van der Waals surface area (Å²) in [6.45, 7) is 1.58. The van der Waals surface area contributed by atoms with Crippen molar-refractivity contribution in [2.24, 2.45) is 5.92 Å². The number of nitrogens with zero attached hydrogens (tertiary/aromatic N) is 3. The highest BCUT2D eigenvalue weighted by molar-refractivity contribution is 5.79. The summed E-state index contributed by atoms with van der Waals surface area (Å²) >= 11 is 0. The van der Waals surface area contributed by atoms with Gasteiger partial charge in [0.2, 0.25) is 17.6 Å². The smallest absolute Gasteiger partial charge is 0.231 e. The van der Waals surface area contributed by atoms with Gasteiger partial charge in [-0.2, -0.15) is 4.98 Å². The molecule has 2 aromatic rings. The number of carbonyl (C=O) groups is 1. The lowest BCUT2D eigenvalue weighted by molar-refractivity contribution is -0.136. The number of carbonyl (C=O) groups excluding carboxylic acids is 1. The van der Waals surface area contributed by atoms with Crippen LogP contribution in [0.25, 0.3) is 11.4 Å². The van der Waals surface area contributed by atoms with E-state index < -0.39 is 0 Å². The van der Waals surface area contributed by atoms with E-state index in [9.17, 15) is 4.79 Å². The monoisotopic (exact) mass is 325 g/mol. The summed E-state index contributed by atoms with van der Waals surface area (Å²) < 4.78 is 5.51. The van der Waals surface area contributed by atoms with Crippen molar-refractivity contribution in [3.63, 3.8) is 0 Å². The Hall–Kier alpha value is -2.17. The molecular formula is C19H23N3O2. The van der Waals surface area contributed by atoms with Crippen molar-refractivity contribution in [1.82, 2.24) is 15.0 Å². The predicted octanol–water partition coefficient (Wildman–Crippen LogP) is 3.63. The second-order valence-electron chi connectivity index (χ2n) is 6.93. The minimum atomic E-state index is 0.161. The van der Waals surface area contributed by atoms with Crippen molar-refractivity contribution in [2.75, 3.05) is 13.1 Å². The highest BCUT2D eigenvalue weighted by Gasteiger charge is 2.33. The maximum Gasteiger partial charge on any atom is 0.231 e. The standard InChI is InChI=1S/C19H23N3O2/c23-19(15-9-4-5-10-15)22-12-6-11-16(13-22)18-20-17(21-24-18)14-7-2-1-3-8-14/h1-3,7-8,15-16H,4-6,9-13H2. The molecule has 2 fully saturated rings. The quantitative estimate of drug-likeness (QED) is 0.864. The number of amides is 1. The van der Waals surface area contributed by atoms with Gasteiger partial charge in [-0.05, 0) is 25.7 Å². The molecule has 2 heterocycles. The lowest BCUT2D eigenvalue weighted by Crippen LogP contribution is -2.41. The van der Waals surface area contributed by atoms with Crippen LogP contribution in [-0.4, -0.2) is 34.0 Å². The van der Waals surface area contributed by atoms with Crippen LogP contribution >= 0.6 is 0 Å². The van der Waals surface area contributed by atoms with Crippen LogP contribution in [-0.2, 0) is 4.79 Å². The molecule has 1 aromatic carbocycles. The SMILES string of the molecule is O=C(C1CCCC1)N1CCCC(c2nc(-c3ccccc3)no2)C1. The fourth-order valence-corrected chi connectivity index (χ4v) is 3.92. The number of hydrogen-bond donors (Lipinski definition) is 0. The fourth-order valence-electron chi connectivity index (χ4n) is 3.92. The second kappa shape index (κ2) is 6.75. The Bertz CT molecular complexity index is 692. The Kier molecular flexibility index (Phi) is 4.32. The first-order chi connectivity index (χ1) is 11.8. The van der Waals surface area contributed by atoms with E-state index in [0.717, 1.165) is 37.8 Å². The van der Waals surface area contributed by atoms with E-state index in [1.165, 1.54) is 12.8 Å². The van der Waals surface area contributed by atoms with Gasteiger partial charge < -0.3 is 9.42 Å². The average molecular weight is 325 g/mol. The third-order valence-electron chi connectivity index (χ3n) is 5.26. The number of likely N-dealkylation sites (tertiary alicyclic amines) is 1. The van der Waals surface area contributed by atoms with Crippen LogP contribution in [0.5, 0.6) is 0 Å². The fraction of sp³-hybridized carbons (Fsp3) is 0.526. The first-order valence-corrected chi connectivity index (χ1v) is 8.99. The van der Waals surface area contributed by atoms with Crippen molar-refractivity contribution in [3.8, 4) is 11.4 Å². The maximum atomic E-state index is 12.7. The first-order valence-electron chi connectivity index (χ1n) is 8.99. The number of rotatable bonds is 3. The van der Waals surface area contributed by atoms with Crippen molar-refractivity contribution < 1.29 is 9.32 Å². The number of aromatic nitrogens is 2. The van der Waals surface area contributed by atoms with E-state index in [0.29, 0.717) is 24.2 Å². The highest BCUT2D eigenvalue weighted by Crippen LogP contribution is 2.31. The van der Waals surface area contributed by atoms with Crippen molar-refractivity contribution in [3.05, 3.63) is 36.2 Å². The average Bonchev–Trinajstić information content (AvgIpc) is 3.34. The van der Waals surface area contributed by atoms with E-state index in [1.807, 2.05) is 35.2 Å². The zero-order valence-corrected chi connectivity index (χ0v) is 13.9. The Morgan fingerprint density at radius 2 is 1.88 bits per heavy atom. The van der Waals surface area contributed by atoms with Crippen LogP contribution < -0.4 is 0 Å². The molecule has 0 radical (unpaired) electrons. The summed E-state index contributed by atoms with van der Waals surface area (Å²) in [5.41, 5.74) is 0.960. The van der Waals surface area contributed by atoms with Gasteiger partial charge in [0.15, 0.2) is 0 Å². The molecule has 5 nitrogen and oxygen atoms in total. The topological polar surface area (TPSA) is 59.2 Å². The van der Waals surface area contributed by atoms with Gasteiger partial charge in [0.1, 0.15) is 0 Å². The summed E-state index contributed by atoms with van der Waals surface area (Å²) in [6.07, 6.45) is 6.50. The molecule has 1 amide bonds. The molecular weight excluding hydrogens is 302 g/mol. The van der Waals surface area contributed by atoms with Crippen LogP contribution in [0.2, 0.25) is 0 Å². The lowest BCUT2D eigenvalue weighted by atomic mass is 9.96. The lowest BCUT2D eigenvalue weighted by Gasteiger charge is -2.32. The predicted molar refractivity (Wildman–Crippen MR) is 90.2 cm³/mol. The first kappa shape index (κ1) is 15.4. The van der Waals surface area contributed by atoms with Crippen molar-refractivity contribution in [1.29, 1.82) is 0 Å². The summed E-state index contributed by atoms with van der Waals surface area (Å²) in [4.78, 5) is 19.3. The molecule has 1 unspecified atom stereocenters. The van der Waals surface area contributed by atoms with Crippen LogP contribution in [0.15, 0.2) is 34.9 Å². The maximum absolute atomic E-state index is 12.7. The normalized spacial score (nSPS) is 22.0. The van der Waals surface area contributed by atoms with E-state index in [1.54, 1.807) is 0 Å². The van der Waals surface area contributed by atoms with Gasteiger partial charge in [-0.15, -0.1) is 0 Å². The summed E-state index contributed by atoms with van der Waals surface area (Å²) in [7, 11) is 0. The molecule has 4 rings (SSSR count). The Labute approximate surface area is 142 Å². The van der Waals surface area contributed by atoms with Gasteiger partial charge >= 0.3 is 0 Å². The molecule has 1 aliphatic heterocycles. The molecule has 126 valence electrons. The van der Waals surface area contributed by atoms with Crippen LogP contribution in [0.4, 0.5) is 0 Å². The number of hydrogen-bond acceptors (Lipinski definition) is 4. The van der Waals surface area contributed by atoms with Crippen molar-refractivity contribution >= 4 is 5.91 Å².